The number of nitrogens with one attached hydrogen (secondary N) is 2. The van der Waals surface area contributed by atoms with E-state index in [-0.39, 0.29) is 13.0 Å². The van der Waals surface area contributed by atoms with Crippen molar-refractivity contribution in [3.8, 4) is 0 Å². The summed E-state index contributed by atoms with van der Waals surface area (Å²) < 4.78 is 0. The summed E-state index contributed by atoms with van der Waals surface area (Å²) >= 11 is 0. The third-order valence-electron chi connectivity index (χ3n) is 4.61. The molecule has 0 radical (unpaired) electrons. The summed E-state index contributed by atoms with van der Waals surface area (Å²) in [5.74, 6) is -7.64. The monoisotopic (exact) mass is 458 g/mol. The van der Waals surface area contributed by atoms with Crippen LogP contribution in [-0.2, 0) is 33.6 Å². The number of likely N-dealkylation sites (tertiary alicyclic amines) is 1. The maximum Gasteiger partial charge on any atom is 0.326 e. The Labute approximate surface area is 181 Å². The van der Waals surface area contributed by atoms with Gasteiger partial charge in [-0.3, -0.25) is 28.8 Å². The molecule has 0 aliphatic carbocycles. The van der Waals surface area contributed by atoms with Gasteiger partial charge in [0.25, 0.3) is 0 Å². The maximum atomic E-state index is 12.7. The predicted octanol–water partition coefficient (Wildman–Crippen LogP) is -4.42. The predicted molar refractivity (Wildman–Crippen MR) is 104 cm³/mol. The van der Waals surface area contributed by atoms with Crippen LogP contribution in [-0.4, -0.2) is 87.3 Å². The molecule has 32 heavy (non-hydrogen) atoms. The van der Waals surface area contributed by atoms with Crippen LogP contribution in [0.25, 0.3) is 0 Å². The number of carbonyl (C=O) groups is 7. The molecule has 1 aliphatic heterocycles. The molecule has 4 atom stereocenters. The molecule has 1 heterocycles. The smallest absolute Gasteiger partial charge is 0.326 e. The van der Waals surface area contributed by atoms with Crippen molar-refractivity contribution in [2.45, 2.75) is 56.3 Å². The minimum Gasteiger partial charge on any atom is -0.481 e. The Kier molecular flexibility index (Phi) is 9.52. The highest BCUT2D eigenvalue weighted by atomic mass is 16.4. The zero-order valence-corrected chi connectivity index (χ0v) is 17.0. The Hall–Kier alpha value is -3.75. The van der Waals surface area contributed by atoms with Crippen molar-refractivity contribution in [2.75, 3.05) is 6.54 Å². The molecule has 0 saturated carbocycles. The SMILES string of the molecule is NC(=O)CC(N)C(=O)N1CCCC1C(=O)NC(CC(N)=O)C(=O)NC(CC(=O)O)C(=O)O. The van der Waals surface area contributed by atoms with E-state index in [1.54, 1.807) is 0 Å². The van der Waals surface area contributed by atoms with Gasteiger partial charge in [-0.05, 0) is 12.8 Å². The highest BCUT2D eigenvalue weighted by Gasteiger charge is 2.38. The largest absolute Gasteiger partial charge is 0.481 e. The van der Waals surface area contributed by atoms with Gasteiger partial charge in [-0.1, -0.05) is 0 Å². The zero-order chi connectivity index (χ0) is 24.6. The Morgan fingerprint density at radius 2 is 1.50 bits per heavy atom. The lowest BCUT2D eigenvalue weighted by Gasteiger charge is -2.28. The summed E-state index contributed by atoms with van der Waals surface area (Å²) in [6.45, 7) is 0.149. The second-order valence-corrected chi connectivity index (χ2v) is 7.20. The second-order valence-electron chi connectivity index (χ2n) is 7.20. The van der Waals surface area contributed by atoms with E-state index in [4.69, 9.17) is 27.4 Å². The van der Waals surface area contributed by atoms with Gasteiger partial charge in [-0.15, -0.1) is 0 Å². The number of carboxylic acid groups (broad SMARTS) is 2. The van der Waals surface area contributed by atoms with Crippen LogP contribution in [0.4, 0.5) is 0 Å². The Bertz CT molecular complexity index is 801. The van der Waals surface area contributed by atoms with Crippen molar-refractivity contribution in [2.24, 2.45) is 17.2 Å². The molecule has 0 bridgehead atoms. The van der Waals surface area contributed by atoms with Gasteiger partial charge in [0.2, 0.25) is 29.5 Å². The Balaban J connectivity index is 2.94. The van der Waals surface area contributed by atoms with Gasteiger partial charge < -0.3 is 42.9 Å². The minimum atomic E-state index is -1.82. The number of hydrogen-bond donors (Lipinski definition) is 7. The highest BCUT2D eigenvalue weighted by molar-refractivity contribution is 5.97. The summed E-state index contributed by atoms with van der Waals surface area (Å²) in [5.41, 5.74) is 15.8. The van der Waals surface area contributed by atoms with Crippen molar-refractivity contribution in [3.05, 3.63) is 0 Å². The lowest BCUT2D eigenvalue weighted by atomic mass is 10.1. The average molecular weight is 458 g/mol. The summed E-state index contributed by atoms with van der Waals surface area (Å²) in [4.78, 5) is 83.0. The lowest BCUT2D eigenvalue weighted by molar-refractivity contribution is -0.147. The highest BCUT2D eigenvalue weighted by Crippen LogP contribution is 2.19. The van der Waals surface area contributed by atoms with Crippen LogP contribution in [0.5, 0.6) is 0 Å². The molecule has 178 valence electrons. The number of amides is 5. The first-order chi connectivity index (χ1) is 14.8. The van der Waals surface area contributed by atoms with Crippen molar-refractivity contribution in [1.29, 1.82) is 0 Å². The van der Waals surface area contributed by atoms with Gasteiger partial charge in [0.05, 0.1) is 25.3 Å². The van der Waals surface area contributed by atoms with Crippen molar-refractivity contribution < 1.29 is 43.8 Å². The standard InChI is InChI=1S/C17H26N6O9/c18-7(4-11(19)24)16(30)23-3-1-2-10(23)15(29)21-8(5-12(20)25)14(28)22-9(17(31)32)6-13(26)27/h7-10H,1-6,18H2,(H2,19,24)(H2,20,25)(H,21,29)(H,22,28)(H,26,27)(H,31,32). The molecule has 4 unspecified atom stereocenters. The topological polar surface area (TPSA) is 265 Å². The number of nitrogens with two attached hydrogens (primary N) is 3. The first kappa shape index (κ1) is 26.3. The molecule has 0 aromatic heterocycles. The molecule has 5 amide bonds. The molecule has 0 spiro atoms. The lowest BCUT2D eigenvalue weighted by Crippen LogP contribution is -2.57. The van der Waals surface area contributed by atoms with Crippen LogP contribution < -0.4 is 27.8 Å². The van der Waals surface area contributed by atoms with E-state index in [1.807, 2.05) is 5.32 Å². The van der Waals surface area contributed by atoms with Crippen LogP contribution in [0.2, 0.25) is 0 Å². The van der Waals surface area contributed by atoms with Crippen LogP contribution >= 0.6 is 0 Å². The maximum absolute atomic E-state index is 12.7. The number of primary amides is 2. The van der Waals surface area contributed by atoms with Crippen LogP contribution in [0.1, 0.15) is 32.1 Å². The van der Waals surface area contributed by atoms with Crippen molar-refractivity contribution in [1.82, 2.24) is 15.5 Å². The Morgan fingerprint density at radius 3 is 2.00 bits per heavy atom. The van der Waals surface area contributed by atoms with E-state index < -0.39 is 84.9 Å². The summed E-state index contributed by atoms with van der Waals surface area (Å²) in [6.07, 6.45) is -1.47. The number of carboxylic acids is 2. The summed E-state index contributed by atoms with van der Waals surface area (Å²) in [6, 6.07) is -5.77. The molecule has 10 N–H and O–H groups in total. The molecule has 0 aromatic rings. The fraction of sp³-hybridized carbons (Fsp3) is 0.588. The number of aliphatic carboxylic acids is 2. The fourth-order valence-electron chi connectivity index (χ4n) is 3.15. The molecule has 15 nitrogen and oxygen atoms in total. The first-order valence-electron chi connectivity index (χ1n) is 9.51. The number of rotatable bonds is 12. The Morgan fingerprint density at radius 1 is 0.906 bits per heavy atom. The van der Waals surface area contributed by atoms with E-state index in [2.05, 4.69) is 5.32 Å². The summed E-state index contributed by atoms with van der Waals surface area (Å²) in [5, 5.41) is 22.0. The first-order valence-corrected chi connectivity index (χ1v) is 9.51. The van der Waals surface area contributed by atoms with E-state index >= 15 is 0 Å². The fourth-order valence-corrected chi connectivity index (χ4v) is 3.15. The van der Waals surface area contributed by atoms with Crippen molar-refractivity contribution >= 4 is 41.5 Å². The molecule has 1 aliphatic rings. The molecular formula is C17H26N6O9. The summed E-state index contributed by atoms with van der Waals surface area (Å²) in [7, 11) is 0. The van der Waals surface area contributed by atoms with Crippen LogP contribution in [0.15, 0.2) is 0 Å². The van der Waals surface area contributed by atoms with Gasteiger partial charge in [-0.25, -0.2) is 4.79 Å². The second kappa shape index (κ2) is 11.6. The number of hydrogen-bond acceptors (Lipinski definition) is 8. The molecule has 1 rings (SSSR count). The van der Waals surface area contributed by atoms with Crippen LogP contribution in [0.3, 0.4) is 0 Å². The molecule has 15 heteroatoms. The number of nitrogens with zero attached hydrogens (tertiary/aromatic N) is 1. The quantitative estimate of drug-likeness (QED) is 0.147. The normalized spacial score (nSPS) is 18.2. The molecule has 1 fully saturated rings. The third-order valence-corrected chi connectivity index (χ3v) is 4.61. The minimum absolute atomic E-state index is 0.149. The van der Waals surface area contributed by atoms with Gasteiger partial charge in [0.15, 0.2) is 0 Å². The zero-order valence-electron chi connectivity index (χ0n) is 17.0. The van der Waals surface area contributed by atoms with Gasteiger partial charge in [0, 0.05) is 6.54 Å². The van der Waals surface area contributed by atoms with Gasteiger partial charge in [-0.2, -0.15) is 0 Å². The molecule has 0 aromatic carbocycles. The van der Waals surface area contributed by atoms with E-state index in [0.717, 1.165) is 4.90 Å². The van der Waals surface area contributed by atoms with Crippen LogP contribution in [0, 0.1) is 0 Å². The van der Waals surface area contributed by atoms with Gasteiger partial charge >= 0.3 is 11.9 Å². The van der Waals surface area contributed by atoms with Gasteiger partial charge in [0.1, 0.15) is 18.1 Å². The van der Waals surface area contributed by atoms with E-state index in [9.17, 15) is 33.6 Å². The third kappa shape index (κ3) is 7.82. The number of carbonyl (C=O) groups excluding carboxylic acids is 5. The van der Waals surface area contributed by atoms with E-state index in [0.29, 0.717) is 6.42 Å². The molecule has 1 saturated heterocycles. The average Bonchev–Trinajstić information content (AvgIpc) is 3.14. The van der Waals surface area contributed by atoms with E-state index in [1.165, 1.54) is 0 Å². The molecular weight excluding hydrogens is 432 g/mol. The van der Waals surface area contributed by atoms with Crippen molar-refractivity contribution in [3.63, 3.8) is 0 Å².